The summed E-state index contributed by atoms with van der Waals surface area (Å²) >= 11 is 6.13. The SMILES string of the molecule is C=CCOc1cc(Cl)c(C=NN=C(N)N)cc1OCC. The maximum atomic E-state index is 6.13. The number of nitrogens with two attached hydrogens (primary N) is 2. The number of rotatable bonds is 7. The van der Waals surface area contributed by atoms with Gasteiger partial charge in [-0.05, 0) is 13.0 Å². The van der Waals surface area contributed by atoms with E-state index in [1.165, 1.54) is 6.21 Å². The van der Waals surface area contributed by atoms with E-state index in [9.17, 15) is 0 Å². The Labute approximate surface area is 122 Å². The zero-order valence-electron chi connectivity index (χ0n) is 11.2. The van der Waals surface area contributed by atoms with Crippen LogP contribution in [-0.2, 0) is 0 Å². The zero-order valence-corrected chi connectivity index (χ0v) is 11.9. The van der Waals surface area contributed by atoms with Crippen LogP contribution < -0.4 is 20.9 Å². The fourth-order valence-corrected chi connectivity index (χ4v) is 1.54. The largest absolute Gasteiger partial charge is 0.490 e. The lowest BCUT2D eigenvalue weighted by atomic mass is 10.2. The molecule has 0 aliphatic heterocycles. The third-order valence-corrected chi connectivity index (χ3v) is 2.42. The van der Waals surface area contributed by atoms with E-state index >= 15 is 0 Å². The van der Waals surface area contributed by atoms with Gasteiger partial charge in [-0.1, -0.05) is 24.3 Å². The summed E-state index contributed by atoms with van der Waals surface area (Å²) in [6.45, 7) is 6.32. The van der Waals surface area contributed by atoms with Gasteiger partial charge in [0.25, 0.3) is 0 Å². The first-order valence-electron chi connectivity index (χ1n) is 5.90. The van der Waals surface area contributed by atoms with Crippen LogP contribution in [0.4, 0.5) is 0 Å². The summed E-state index contributed by atoms with van der Waals surface area (Å²) < 4.78 is 11.0. The second-order valence-corrected chi connectivity index (χ2v) is 4.03. The van der Waals surface area contributed by atoms with Gasteiger partial charge in [0.1, 0.15) is 6.61 Å². The summed E-state index contributed by atoms with van der Waals surface area (Å²) in [5.41, 5.74) is 11.0. The Morgan fingerprint density at radius 3 is 2.65 bits per heavy atom. The number of halogens is 1. The number of benzene rings is 1. The Bertz CT molecular complexity index is 525. The molecule has 7 heteroatoms. The molecule has 0 bridgehead atoms. The first-order chi connectivity index (χ1) is 9.58. The molecule has 6 nitrogen and oxygen atoms in total. The van der Waals surface area contributed by atoms with E-state index in [2.05, 4.69) is 16.8 Å². The molecule has 0 aliphatic rings. The molecule has 0 amide bonds. The predicted molar refractivity (Wildman–Crippen MR) is 81.7 cm³/mol. The highest BCUT2D eigenvalue weighted by molar-refractivity contribution is 6.33. The van der Waals surface area contributed by atoms with Crippen molar-refractivity contribution in [3.8, 4) is 11.5 Å². The highest BCUT2D eigenvalue weighted by Crippen LogP contribution is 2.33. The molecule has 20 heavy (non-hydrogen) atoms. The molecule has 0 heterocycles. The first kappa shape index (κ1) is 15.8. The van der Waals surface area contributed by atoms with Gasteiger partial charge in [-0.3, -0.25) is 0 Å². The molecule has 0 aliphatic carbocycles. The van der Waals surface area contributed by atoms with Gasteiger partial charge in [-0.2, -0.15) is 5.10 Å². The van der Waals surface area contributed by atoms with Crippen LogP contribution in [0.15, 0.2) is 35.0 Å². The Kier molecular flexibility index (Phi) is 6.39. The average molecular weight is 297 g/mol. The predicted octanol–water partition coefficient (Wildman–Crippen LogP) is 1.91. The molecule has 0 radical (unpaired) electrons. The van der Waals surface area contributed by atoms with Gasteiger partial charge in [0, 0.05) is 11.6 Å². The van der Waals surface area contributed by atoms with Gasteiger partial charge in [-0.15, -0.1) is 5.10 Å². The number of hydrogen-bond acceptors (Lipinski definition) is 4. The molecule has 0 spiro atoms. The lowest BCUT2D eigenvalue weighted by Crippen LogP contribution is -2.21. The van der Waals surface area contributed by atoms with Gasteiger partial charge < -0.3 is 20.9 Å². The first-order valence-corrected chi connectivity index (χ1v) is 6.28. The summed E-state index contributed by atoms with van der Waals surface area (Å²) in [5, 5.41) is 7.66. The van der Waals surface area contributed by atoms with Crippen molar-refractivity contribution in [2.45, 2.75) is 6.92 Å². The molecular weight excluding hydrogens is 280 g/mol. The maximum Gasteiger partial charge on any atom is 0.211 e. The van der Waals surface area contributed by atoms with E-state index in [0.717, 1.165) is 0 Å². The van der Waals surface area contributed by atoms with Gasteiger partial charge in [-0.25, -0.2) is 0 Å². The van der Waals surface area contributed by atoms with Crippen molar-refractivity contribution in [2.24, 2.45) is 21.7 Å². The molecule has 0 saturated heterocycles. The molecule has 0 unspecified atom stereocenters. The second kappa shape index (κ2) is 8.06. The van der Waals surface area contributed by atoms with E-state index in [0.29, 0.717) is 35.3 Å². The van der Waals surface area contributed by atoms with Crippen LogP contribution >= 0.6 is 11.6 Å². The van der Waals surface area contributed by atoms with E-state index in [1.807, 2.05) is 6.92 Å². The quantitative estimate of drug-likeness (QED) is 0.348. The van der Waals surface area contributed by atoms with Crippen molar-refractivity contribution in [2.75, 3.05) is 13.2 Å². The van der Waals surface area contributed by atoms with E-state index in [4.69, 9.17) is 32.5 Å². The fourth-order valence-electron chi connectivity index (χ4n) is 1.34. The molecule has 1 rings (SSSR count). The fraction of sp³-hybridized carbons (Fsp3) is 0.231. The minimum atomic E-state index is -0.131. The van der Waals surface area contributed by atoms with Crippen molar-refractivity contribution in [1.29, 1.82) is 0 Å². The van der Waals surface area contributed by atoms with E-state index in [1.54, 1.807) is 18.2 Å². The summed E-state index contributed by atoms with van der Waals surface area (Å²) in [5.74, 6) is 0.967. The highest BCUT2D eigenvalue weighted by Gasteiger charge is 2.09. The highest BCUT2D eigenvalue weighted by atomic mass is 35.5. The van der Waals surface area contributed by atoms with Crippen LogP contribution in [0.2, 0.25) is 5.02 Å². The number of guanidine groups is 1. The van der Waals surface area contributed by atoms with Crippen molar-refractivity contribution in [3.63, 3.8) is 0 Å². The Hall–Kier alpha value is -2.21. The van der Waals surface area contributed by atoms with Crippen molar-refractivity contribution < 1.29 is 9.47 Å². The monoisotopic (exact) mass is 296 g/mol. The summed E-state index contributed by atoms with van der Waals surface area (Å²) in [4.78, 5) is 0. The lowest BCUT2D eigenvalue weighted by molar-refractivity contribution is 0.297. The van der Waals surface area contributed by atoms with Gasteiger partial charge in [0.15, 0.2) is 11.5 Å². The topological polar surface area (TPSA) is 95.2 Å². The molecule has 1 aromatic rings. The van der Waals surface area contributed by atoms with Gasteiger partial charge in [0.2, 0.25) is 5.96 Å². The van der Waals surface area contributed by atoms with Crippen LogP contribution in [0.1, 0.15) is 12.5 Å². The van der Waals surface area contributed by atoms with E-state index in [-0.39, 0.29) is 5.96 Å². The number of hydrogen-bond donors (Lipinski definition) is 2. The van der Waals surface area contributed by atoms with Crippen molar-refractivity contribution >= 4 is 23.8 Å². The molecule has 0 atom stereocenters. The molecule has 0 fully saturated rings. The molecule has 4 N–H and O–H groups in total. The normalized spacial score (nSPS) is 10.3. The Balaban J connectivity index is 3.08. The Morgan fingerprint density at radius 1 is 1.35 bits per heavy atom. The Morgan fingerprint density at radius 2 is 2.05 bits per heavy atom. The van der Waals surface area contributed by atoms with Crippen LogP contribution in [0, 0.1) is 0 Å². The number of ether oxygens (including phenoxy) is 2. The van der Waals surface area contributed by atoms with Crippen molar-refractivity contribution in [3.05, 3.63) is 35.4 Å². The molecule has 0 aromatic heterocycles. The summed E-state index contributed by atoms with van der Waals surface area (Å²) in [6.07, 6.45) is 3.07. The van der Waals surface area contributed by atoms with E-state index < -0.39 is 0 Å². The standard InChI is InChI=1S/C13H17ClN4O2/c1-3-5-20-12-7-10(14)9(6-11(12)19-4-2)8-17-18-13(15)16/h3,6-8H,1,4-5H2,2H3,(H4,15,16,18). The van der Waals surface area contributed by atoms with Crippen LogP contribution in [-0.4, -0.2) is 25.4 Å². The molecule has 1 aromatic carbocycles. The minimum absolute atomic E-state index is 0.131. The summed E-state index contributed by atoms with van der Waals surface area (Å²) in [7, 11) is 0. The molecule has 0 saturated carbocycles. The smallest absolute Gasteiger partial charge is 0.211 e. The number of nitrogens with zero attached hydrogens (tertiary/aromatic N) is 2. The summed E-state index contributed by atoms with van der Waals surface area (Å²) in [6, 6.07) is 3.35. The third kappa shape index (κ3) is 4.81. The van der Waals surface area contributed by atoms with Crippen LogP contribution in [0.3, 0.4) is 0 Å². The van der Waals surface area contributed by atoms with Crippen LogP contribution in [0.5, 0.6) is 11.5 Å². The second-order valence-electron chi connectivity index (χ2n) is 3.62. The average Bonchev–Trinajstić information content (AvgIpc) is 2.40. The van der Waals surface area contributed by atoms with Gasteiger partial charge in [0.05, 0.1) is 17.8 Å². The van der Waals surface area contributed by atoms with Gasteiger partial charge >= 0.3 is 0 Å². The van der Waals surface area contributed by atoms with Crippen molar-refractivity contribution in [1.82, 2.24) is 0 Å². The molecular formula is C13H17ClN4O2. The minimum Gasteiger partial charge on any atom is -0.490 e. The zero-order chi connectivity index (χ0) is 15.0. The third-order valence-electron chi connectivity index (χ3n) is 2.09. The lowest BCUT2D eigenvalue weighted by Gasteiger charge is -2.12. The molecule has 108 valence electrons. The maximum absolute atomic E-state index is 6.13. The van der Waals surface area contributed by atoms with Crippen LogP contribution in [0.25, 0.3) is 0 Å².